The van der Waals surface area contributed by atoms with Gasteiger partial charge in [0.05, 0.1) is 5.41 Å². The number of hydrogen-bond acceptors (Lipinski definition) is 1. The largest absolute Gasteiger partial charge is 0.326 e. The molecular weight excluding hydrogens is 208 g/mol. The van der Waals surface area contributed by atoms with Gasteiger partial charge in [0.25, 0.3) is 0 Å². The summed E-state index contributed by atoms with van der Waals surface area (Å²) < 4.78 is 26.6. The van der Waals surface area contributed by atoms with Gasteiger partial charge in [-0.15, -0.1) is 0 Å². The fourth-order valence-electron chi connectivity index (χ4n) is 2.65. The first-order valence-corrected chi connectivity index (χ1v) is 5.77. The minimum Gasteiger partial charge on any atom is -0.326 e. The van der Waals surface area contributed by atoms with Crippen LogP contribution in [0.4, 0.5) is 8.78 Å². The molecule has 1 aromatic carbocycles. The maximum atomic E-state index is 13.3. The van der Waals surface area contributed by atoms with Crippen LogP contribution in [0.2, 0.25) is 0 Å². The van der Waals surface area contributed by atoms with Crippen molar-refractivity contribution in [2.45, 2.75) is 44.1 Å². The molecule has 0 spiro atoms. The van der Waals surface area contributed by atoms with Crippen LogP contribution in [0.25, 0.3) is 0 Å². The minimum absolute atomic E-state index is 0.410. The Bertz CT molecular complexity index is 357. The fourth-order valence-corrected chi connectivity index (χ4v) is 2.65. The third-order valence-corrected chi connectivity index (χ3v) is 3.65. The zero-order chi connectivity index (χ0) is 11.6. The van der Waals surface area contributed by atoms with Gasteiger partial charge in [0, 0.05) is 6.54 Å². The van der Waals surface area contributed by atoms with Crippen molar-refractivity contribution in [2.75, 3.05) is 0 Å². The van der Waals surface area contributed by atoms with Gasteiger partial charge in [0.15, 0.2) is 0 Å². The van der Waals surface area contributed by atoms with Crippen LogP contribution in [-0.4, -0.2) is 6.43 Å². The van der Waals surface area contributed by atoms with E-state index in [0.717, 1.165) is 24.0 Å². The van der Waals surface area contributed by atoms with Crippen LogP contribution in [0.3, 0.4) is 0 Å². The molecule has 3 heteroatoms. The zero-order valence-corrected chi connectivity index (χ0v) is 9.26. The first-order chi connectivity index (χ1) is 7.69. The van der Waals surface area contributed by atoms with Crippen LogP contribution in [0.5, 0.6) is 0 Å². The predicted molar refractivity (Wildman–Crippen MR) is 60.5 cm³/mol. The Morgan fingerprint density at radius 3 is 2.50 bits per heavy atom. The molecule has 0 aromatic heterocycles. The number of rotatable bonds is 3. The number of alkyl halides is 2. The van der Waals surface area contributed by atoms with Crippen molar-refractivity contribution >= 4 is 0 Å². The molecule has 1 aliphatic rings. The molecule has 1 aliphatic carbocycles. The molecule has 1 aromatic rings. The average molecular weight is 225 g/mol. The first-order valence-electron chi connectivity index (χ1n) is 5.77. The molecule has 0 heterocycles. The third-order valence-electron chi connectivity index (χ3n) is 3.65. The van der Waals surface area contributed by atoms with Gasteiger partial charge in [0.2, 0.25) is 6.43 Å². The normalized spacial score (nSPS) is 19.2. The van der Waals surface area contributed by atoms with E-state index in [0.29, 0.717) is 19.4 Å². The van der Waals surface area contributed by atoms with E-state index in [1.807, 2.05) is 24.3 Å². The highest BCUT2D eigenvalue weighted by Gasteiger charge is 2.43. The summed E-state index contributed by atoms with van der Waals surface area (Å²) in [6, 6.07) is 7.38. The lowest BCUT2D eigenvalue weighted by Crippen LogP contribution is -2.31. The summed E-state index contributed by atoms with van der Waals surface area (Å²) in [5.41, 5.74) is 6.34. The lowest BCUT2D eigenvalue weighted by Gasteiger charge is -2.29. The Labute approximate surface area is 94.7 Å². The van der Waals surface area contributed by atoms with Crippen molar-refractivity contribution in [1.29, 1.82) is 0 Å². The molecule has 0 bridgehead atoms. The van der Waals surface area contributed by atoms with Gasteiger partial charge in [-0.05, 0) is 24.0 Å². The van der Waals surface area contributed by atoms with Crippen LogP contribution in [0, 0.1) is 0 Å². The van der Waals surface area contributed by atoms with E-state index in [1.165, 1.54) is 0 Å². The summed E-state index contributed by atoms with van der Waals surface area (Å²) in [6.45, 7) is 0.410. The van der Waals surface area contributed by atoms with Gasteiger partial charge in [0.1, 0.15) is 0 Å². The van der Waals surface area contributed by atoms with E-state index >= 15 is 0 Å². The molecule has 0 atom stereocenters. The van der Waals surface area contributed by atoms with Gasteiger partial charge in [-0.3, -0.25) is 0 Å². The molecule has 88 valence electrons. The molecule has 0 radical (unpaired) electrons. The highest BCUT2D eigenvalue weighted by atomic mass is 19.3. The number of nitrogens with two attached hydrogens (primary N) is 1. The summed E-state index contributed by atoms with van der Waals surface area (Å²) in [7, 11) is 0. The first kappa shape index (κ1) is 11.5. The maximum absolute atomic E-state index is 13.3. The highest BCUT2D eigenvalue weighted by molar-refractivity contribution is 5.32. The Balaban J connectivity index is 2.39. The molecule has 2 N–H and O–H groups in total. The van der Waals surface area contributed by atoms with Crippen LogP contribution < -0.4 is 5.73 Å². The Morgan fingerprint density at radius 1 is 1.25 bits per heavy atom. The summed E-state index contributed by atoms with van der Waals surface area (Å²) >= 11 is 0. The van der Waals surface area contributed by atoms with Crippen molar-refractivity contribution in [2.24, 2.45) is 5.73 Å². The summed E-state index contributed by atoms with van der Waals surface area (Å²) in [5.74, 6) is 0. The van der Waals surface area contributed by atoms with Crippen LogP contribution >= 0.6 is 0 Å². The summed E-state index contributed by atoms with van der Waals surface area (Å²) in [5, 5.41) is 0. The van der Waals surface area contributed by atoms with E-state index in [4.69, 9.17) is 5.73 Å². The number of halogens is 2. The molecule has 1 nitrogen and oxygen atoms in total. The lowest BCUT2D eigenvalue weighted by molar-refractivity contribution is 0.0521. The molecule has 0 saturated heterocycles. The smallest absolute Gasteiger partial charge is 0.248 e. The Morgan fingerprint density at radius 2 is 1.94 bits per heavy atom. The van der Waals surface area contributed by atoms with Gasteiger partial charge in [-0.25, -0.2) is 8.78 Å². The molecular formula is C13H17F2N. The van der Waals surface area contributed by atoms with Gasteiger partial charge in [-0.1, -0.05) is 37.1 Å². The number of hydrogen-bond donors (Lipinski definition) is 1. The molecule has 0 unspecified atom stereocenters. The van der Waals surface area contributed by atoms with Crippen LogP contribution in [0.1, 0.15) is 36.8 Å². The Kier molecular flexibility index (Phi) is 3.24. The van der Waals surface area contributed by atoms with Crippen molar-refractivity contribution in [3.8, 4) is 0 Å². The molecule has 0 amide bonds. The van der Waals surface area contributed by atoms with Crippen LogP contribution in [0.15, 0.2) is 24.3 Å². The highest BCUT2D eigenvalue weighted by Crippen LogP contribution is 2.45. The SMILES string of the molecule is NCc1cccc(C2(C(F)F)CCCC2)c1. The Hall–Kier alpha value is -0.960. The third kappa shape index (κ3) is 1.84. The van der Waals surface area contributed by atoms with Gasteiger partial charge >= 0.3 is 0 Å². The van der Waals surface area contributed by atoms with E-state index in [1.54, 1.807) is 0 Å². The molecule has 1 saturated carbocycles. The fraction of sp³-hybridized carbons (Fsp3) is 0.538. The van der Waals surface area contributed by atoms with E-state index in [2.05, 4.69) is 0 Å². The monoisotopic (exact) mass is 225 g/mol. The summed E-state index contributed by atoms with van der Waals surface area (Å²) in [4.78, 5) is 0. The second kappa shape index (κ2) is 4.50. The van der Waals surface area contributed by atoms with Crippen LogP contribution in [-0.2, 0) is 12.0 Å². The molecule has 0 aliphatic heterocycles. The topological polar surface area (TPSA) is 26.0 Å². The van der Waals surface area contributed by atoms with E-state index < -0.39 is 11.8 Å². The summed E-state index contributed by atoms with van der Waals surface area (Å²) in [6.07, 6.45) is 0.717. The van der Waals surface area contributed by atoms with Crippen molar-refractivity contribution < 1.29 is 8.78 Å². The minimum atomic E-state index is -2.27. The average Bonchev–Trinajstić information content (AvgIpc) is 2.79. The van der Waals surface area contributed by atoms with E-state index in [-0.39, 0.29) is 0 Å². The molecule has 1 fully saturated rings. The number of benzene rings is 1. The van der Waals surface area contributed by atoms with Crippen molar-refractivity contribution in [1.82, 2.24) is 0 Å². The lowest BCUT2D eigenvalue weighted by atomic mass is 9.79. The van der Waals surface area contributed by atoms with Crippen molar-refractivity contribution in [3.05, 3.63) is 35.4 Å². The quantitative estimate of drug-likeness (QED) is 0.839. The standard InChI is InChI=1S/C13H17F2N/c14-12(15)13(6-1-2-7-13)11-5-3-4-10(8-11)9-16/h3-5,8,12H,1-2,6-7,9,16H2. The second-order valence-electron chi connectivity index (χ2n) is 4.57. The van der Waals surface area contributed by atoms with Crippen molar-refractivity contribution in [3.63, 3.8) is 0 Å². The second-order valence-corrected chi connectivity index (χ2v) is 4.57. The molecule has 2 rings (SSSR count). The zero-order valence-electron chi connectivity index (χ0n) is 9.26. The van der Waals surface area contributed by atoms with Gasteiger partial charge < -0.3 is 5.73 Å². The predicted octanol–water partition coefficient (Wildman–Crippen LogP) is 3.22. The van der Waals surface area contributed by atoms with E-state index in [9.17, 15) is 8.78 Å². The van der Waals surface area contributed by atoms with Gasteiger partial charge in [-0.2, -0.15) is 0 Å². The maximum Gasteiger partial charge on any atom is 0.248 e. The molecule has 16 heavy (non-hydrogen) atoms.